The number of hydrogen-bond donors (Lipinski definition) is 0. The summed E-state index contributed by atoms with van der Waals surface area (Å²) in [4.78, 5) is 10.9. The van der Waals surface area contributed by atoms with Crippen molar-refractivity contribution >= 4 is 5.97 Å². The van der Waals surface area contributed by atoms with Gasteiger partial charge in [-0.2, -0.15) is 0 Å². The molecule has 0 aliphatic heterocycles. The van der Waals surface area contributed by atoms with Crippen LogP contribution in [0.2, 0.25) is 0 Å². The third kappa shape index (κ3) is 2.58. The molecule has 1 saturated carbocycles. The molecule has 0 aromatic heterocycles. The standard InChI is InChI=1S/C11H18O2/c1-4-11(13-10(3)12)7-5-9(2)6-8-11/h4,9H,1,5-8H2,2-3H3. The highest BCUT2D eigenvalue weighted by Crippen LogP contribution is 2.35. The lowest BCUT2D eigenvalue weighted by atomic mass is 9.79. The summed E-state index contributed by atoms with van der Waals surface area (Å²) in [6.07, 6.45) is 5.90. The van der Waals surface area contributed by atoms with Crippen LogP contribution in [0.3, 0.4) is 0 Å². The van der Waals surface area contributed by atoms with Crippen molar-refractivity contribution < 1.29 is 9.53 Å². The monoisotopic (exact) mass is 182 g/mol. The van der Waals surface area contributed by atoms with Crippen molar-refractivity contribution in [2.24, 2.45) is 5.92 Å². The van der Waals surface area contributed by atoms with Gasteiger partial charge in [-0.25, -0.2) is 0 Å². The van der Waals surface area contributed by atoms with E-state index < -0.39 is 0 Å². The second kappa shape index (κ2) is 3.95. The molecule has 1 aliphatic rings. The smallest absolute Gasteiger partial charge is 0.303 e. The number of carbonyl (C=O) groups is 1. The van der Waals surface area contributed by atoms with Crippen LogP contribution in [-0.2, 0) is 9.53 Å². The van der Waals surface area contributed by atoms with Gasteiger partial charge in [0, 0.05) is 6.92 Å². The van der Waals surface area contributed by atoms with Crippen molar-refractivity contribution in [3.05, 3.63) is 12.7 Å². The molecule has 0 unspecified atom stereocenters. The third-order valence-corrected chi connectivity index (χ3v) is 2.84. The van der Waals surface area contributed by atoms with E-state index in [0.29, 0.717) is 0 Å². The van der Waals surface area contributed by atoms with Crippen molar-refractivity contribution in [3.63, 3.8) is 0 Å². The maximum Gasteiger partial charge on any atom is 0.303 e. The predicted octanol–water partition coefficient (Wildman–Crippen LogP) is 2.68. The number of rotatable bonds is 2. The van der Waals surface area contributed by atoms with E-state index in [0.717, 1.165) is 31.6 Å². The van der Waals surface area contributed by atoms with Gasteiger partial charge in [-0.3, -0.25) is 4.79 Å². The Kier molecular flexibility index (Phi) is 3.12. The molecule has 74 valence electrons. The van der Waals surface area contributed by atoms with Crippen LogP contribution in [0.1, 0.15) is 39.5 Å². The highest BCUT2D eigenvalue weighted by molar-refractivity contribution is 5.66. The summed E-state index contributed by atoms with van der Waals surface area (Å²) in [5.41, 5.74) is -0.363. The molecule has 0 heterocycles. The lowest BCUT2D eigenvalue weighted by molar-refractivity contribution is -0.155. The molecule has 0 bridgehead atoms. The summed E-state index contributed by atoms with van der Waals surface area (Å²) < 4.78 is 5.32. The van der Waals surface area contributed by atoms with Gasteiger partial charge in [-0.15, -0.1) is 0 Å². The lowest BCUT2D eigenvalue weighted by Crippen LogP contribution is -2.36. The Morgan fingerprint density at radius 2 is 2.08 bits per heavy atom. The first-order valence-corrected chi connectivity index (χ1v) is 4.91. The Hall–Kier alpha value is -0.790. The molecule has 0 amide bonds. The SMILES string of the molecule is C=CC1(OC(C)=O)CCC(C)CC1. The van der Waals surface area contributed by atoms with E-state index in [4.69, 9.17) is 4.74 Å². The van der Waals surface area contributed by atoms with Crippen LogP contribution in [0.5, 0.6) is 0 Å². The molecule has 0 radical (unpaired) electrons. The van der Waals surface area contributed by atoms with Gasteiger partial charge in [-0.05, 0) is 37.7 Å². The van der Waals surface area contributed by atoms with E-state index in [-0.39, 0.29) is 11.6 Å². The van der Waals surface area contributed by atoms with Crippen LogP contribution in [0.25, 0.3) is 0 Å². The van der Waals surface area contributed by atoms with Gasteiger partial charge >= 0.3 is 5.97 Å². The second-order valence-corrected chi connectivity index (χ2v) is 4.05. The summed E-state index contributed by atoms with van der Waals surface area (Å²) in [6, 6.07) is 0. The second-order valence-electron chi connectivity index (χ2n) is 4.05. The van der Waals surface area contributed by atoms with Gasteiger partial charge in [0.1, 0.15) is 5.60 Å². The van der Waals surface area contributed by atoms with Crippen LogP contribution in [-0.4, -0.2) is 11.6 Å². The molecular weight excluding hydrogens is 164 g/mol. The highest BCUT2D eigenvalue weighted by Gasteiger charge is 2.33. The summed E-state index contributed by atoms with van der Waals surface area (Å²) in [5.74, 6) is 0.554. The summed E-state index contributed by atoms with van der Waals surface area (Å²) in [7, 11) is 0. The molecule has 0 N–H and O–H groups in total. The number of ether oxygens (including phenoxy) is 1. The number of hydrogen-bond acceptors (Lipinski definition) is 2. The van der Waals surface area contributed by atoms with E-state index in [1.165, 1.54) is 6.92 Å². The molecule has 13 heavy (non-hydrogen) atoms. The molecule has 2 nitrogen and oxygen atoms in total. The minimum absolute atomic E-state index is 0.200. The fraction of sp³-hybridized carbons (Fsp3) is 0.727. The highest BCUT2D eigenvalue weighted by atomic mass is 16.6. The molecule has 0 spiro atoms. The molecule has 1 rings (SSSR count). The molecular formula is C11H18O2. The van der Waals surface area contributed by atoms with Gasteiger partial charge in [0.25, 0.3) is 0 Å². The third-order valence-electron chi connectivity index (χ3n) is 2.84. The van der Waals surface area contributed by atoms with Crippen molar-refractivity contribution in [1.29, 1.82) is 0 Å². The molecule has 0 saturated heterocycles. The Morgan fingerprint density at radius 1 is 1.54 bits per heavy atom. The van der Waals surface area contributed by atoms with E-state index in [2.05, 4.69) is 13.5 Å². The van der Waals surface area contributed by atoms with Crippen molar-refractivity contribution in [2.45, 2.75) is 45.1 Å². The van der Waals surface area contributed by atoms with Crippen LogP contribution >= 0.6 is 0 Å². The average Bonchev–Trinajstić information content (AvgIpc) is 2.09. The maximum atomic E-state index is 10.9. The molecule has 0 aromatic rings. The molecule has 0 aromatic carbocycles. The number of esters is 1. The quantitative estimate of drug-likeness (QED) is 0.485. The van der Waals surface area contributed by atoms with Gasteiger partial charge in [0.15, 0.2) is 0 Å². The maximum absolute atomic E-state index is 10.9. The zero-order chi connectivity index (χ0) is 9.90. The fourth-order valence-electron chi connectivity index (χ4n) is 1.88. The molecule has 0 atom stereocenters. The fourth-order valence-corrected chi connectivity index (χ4v) is 1.88. The largest absolute Gasteiger partial charge is 0.455 e. The minimum Gasteiger partial charge on any atom is -0.455 e. The van der Waals surface area contributed by atoms with Crippen LogP contribution in [0.4, 0.5) is 0 Å². The van der Waals surface area contributed by atoms with Crippen LogP contribution in [0, 0.1) is 5.92 Å². The van der Waals surface area contributed by atoms with Crippen molar-refractivity contribution in [1.82, 2.24) is 0 Å². The Bertz CT molecular complexity index is 200. The number of carbonyl (C=O) groups excluding carboxylic acids is 1. The summed E-state index contributed by atoms with van der Waals surface area (Å²) >= 11 is 0. The topological polar surface area (TPSA) is 26.3 Å². The van der Waals surface area contributed by atoms with Crippen molar-refractivity contribution in [2.75, 3.05) is 0 Å². The first-order valence-electron chi connectivity index (χ1n) is 4.91. The Labute approximate surface area is 80.0 Å². The van der Waals surface area contributed by atoms with Crippen LogP contribution in [0.15, 0.2) is 12.7 Å². The van der Waals surface area contributed by atoms with E-state index in [1.54, 1.807) is 6.08 Å². The first kappa shape index (κ1) is 10.3. The van der Waals surface area contributed by atoms with Gasteiger partial charge < -0.3 is 4.74 Å². The van der Waals surface area contributed by atoms with Crippen LogP contribution < -0.4 is 0 Å². The van der Waals surface area contributed by atoms with E-state index >= 15 is 0 Å². The lowest BCUT2D eigenvalue weighted by Gasteiger charge is -2.36. The normalized spacial score (nSPS) is 33.8. The Balaban J connectivity index is 2.60. The van der Waals surface area contributed by atoms with E-state index in [1.807, 2.05) is 0 Å². The summed E-state index contributed by atoms with van der Waals surface area (Å²) in [5, 5.41) is 0. The Morgan fingerprint density at radius 3 is 2.46 bits per heavy atom. The zero-order valence-electron chi connectivity index (χ0n) is 8.51. The van der Waals surface area contributed by atoms with Crippen molar-refractivity contribution in [3.8, 4) is 0 Å². The van der Waals surface area contributed by atoms with E-state index in [9.17, 15) is 4.79 Å². The molecule has 1 aliphatic carbocycles. The zero-order valence-corrected chi connectivity index (χ0v) is 8.51. The predicted molar refractivity (Wildman–Crippen MR) is 52.3 cm³/mol. The van der Waals surface area contributed by atoms with Gasteiger partial charge in [0.05, 0.1) is 0 Å². The molecule has 1 fully saturated rings. The first-order chi connectivity index (χ1) is 6.08. The molecule has 2 heteroatoms. The minimum atomic E-state index is -0.363. The average molecular weight is 182 g/mol. The van der Waals surface area contributed by atoms with Gasteiger partial charge in [-0.1, -0.05) is 13.5 Å². The van der Waals surface area contributed by atoms with Gasteiger partial charge in [0.2, 0.25) is 0 Å². The summed E-state index contributed by atoms with van der Waals surface area (Å²) in [6.45, 7) is 7.46.